The predicted octanol–water partition coefficient (Wildman–Crippen LogP) is 2.47. The summed E-state index contributed by atoms with van der Waals surface area (Å²) in [6.45, 7) is 2.82. The lowest BCUT2D eigenvalue weighted by molar-refractivity contribution is 0.475. The maximum atomic E-state index is 12.4. The molecule has 1 N–H and O–H groups in total. The quantitative estimate of drug-likeness (QED) is 0.680. The summed E-state index contributed by atoms with van der Waals surface area (Å²) in [5.74, 6) is 0.335. The minimum Gasteiger partial charge on any atom is -0.508 e. The summed E-state index contributed by atoms with van der Waals surface area (Å²) in [4.78, 5) is 9.14. The van der Waals surface area contributed by atoms with Crippen LogP contribution in [0.1, 0.15) is 11.1 Å². The summed E-state index contributed by atoms with van der Waals surface area (Å²) >= 11 is 0. The van der Waals surface area contributed by atoms with Gasteiger partial charge in [0.25, 0.3) is 0 Å². The predicted molar refractivity (Wildman–Crippen MR) is 115 cm³/mol. The number of piperazine rings is 1. The molecule has 1 saturated heterocycles. The molecule has 8 heteroatoms. The number of benzene rings is 2. The third kappa shape index (κ3) is 2.94. The number of phenols is 1. The van der Waals surface area contributed by atoms with Crippen LogP contribution >= 0.6 is 0 Å². The van der Waals surface area contributed by atoms with Crippen molar-refractivity contribution in [2.45, 2.75) is 11.3 Å². The van der Waals surface area contributed by atoms with Crippen LogP contribution in [-0.2, 0) is 16.3 Å². The minimum absolute atomic E-state index is 0.100. The van der Waals surface area contributed by atoms with Gasteiger partial charge in [0, 0.05) is 49.5 Å². The zero-order valence-corrected chi connectivity index (χ0v) is 17.1. The van der Waals surface area contributed by atoms with Crippen molar-refractivity contribution in [2.24, 2.45) is 0 Å². The third-order valence-electron chi connectivity index (χ3n) is 5.94. The van der Waals surface area contributed by atoms with Gasteiger partial charge in [-0.1, -0.05) is 6.07 Å². The van der Waals surface area contributed by atoms with Crippen molar-refractivity contribution in [1.82, 2.24) is 4.98 Å². The minimum atomic E-state index is -3.27. The lowest BCUT2D eigenvalue weighted by Gasteiger charge is -2.38. The van der Waals surface area contributed by atoms with Crippen molar-refractivity contribution in [3.8, 4) is 11.8 Å². The van der Waals surface area contributed by atoms with Crippen LogP contribution in [0, 0.1) is 11.3 Å². The number of phenolic OH excluding ortho intramolecular Hbond substituents is 1. The maximum absolute atomic E-state index is 12.4. The van der Waals surface area contributed by atoms with E-state index in [1.807, 2.05) is 12.1 Å². The van der Waals surface area contributed by atoms with Gasteiger partial charge in [0.15, 0.2) is 9.84 Å². The number of fused-ring (bicyclic) bond motifs is 3. The summed E-state index contributed by atoms with van der Waals surface area (Å²) in [6.07, 6.45) is 2.02. The van der Waals surface area contributed by atoms with Crippen LogP contribution in [0.5, 0.6) is 5.75 Å². The summed E-state index contributed by atoms with van der Waals surface area (Å²) in [7, 11) is -3.27. The van der Waals surface area contributed by atoms with Gasteiger partial charge in [0.1, 0.15) is 11.8 Å². The number of aromatic hydroxyl groups is 1. The molecular formula is C22H20N4O3S. The van der Waals surface area contributed by atoms with E-state index in [2.05, 4.69) is 20.9 Å². The van der Waals surface area contributed by atoms with E-state index in [4.69, 9.17) is 0 Å². The zero-order valence-electron chi connectivity index (χ0n) is 16.2. The molecule has 3 heterocycles. The van der Waals surface area contributed by atoms with Gasteiger partial charge in [-0.05, 0) is 36.2 Å². The molecule has 7 nitrogen and oxygen atoms in total. The topological polar surface area (TPSA) is 97.5 Å². The number of nitrogens with zero attached hydrogens (tertiary/aromatic N) is 4. The fraction of sp³-hybridized carbons (Fsp3) is 0.273. The molecule has 0 spiro atoms. The van der Waals surface area contributed by atoms with Crippen LogP contribution in [-0.4, -0.2) is 50.4 Å². The number of hydrogen-bond acceptors (Lipinski definition) is 7. The van der Waals surface area contributed by atoms with Gasteiger partial charge < -0.3 is 14.9 Å². The van der Waals surface area contributed by atoms with Crippen LogP contribution < -0.4 is 9.80 Å². The first-order chi connectivity index (χ1) is 14.5. The van der Waals surface area contributed by atoms with Gasteiger partial charge >= 0.3 is 0 Å². The highest BCUT2D eigenvalue weighted by Crippen LogP contribution is 2.39. The Bertz CT molecular complexity index is 1310. The van der Waals surface area contributed by atoms with Crippen molar-refractivity contribution < 1.29 is 13.5 Å². The molecule has 0 saturated carbocycles. The van der Waals surface area contributed by atoms with E-state index in [1.165, 1.54) is 0 Å². The van der Waals surface area contributed by atoms with Crippen molar-refractivity contribution >= 4 is 32.1 Å². The lowest BCUT2D eigenvalue weighted by Crippen LogP contribution is -2.46. The molecule has 0 unspecified atom stereocenters. The van der Waals surface area contributed by atoms with Gasteiger partial charge in [-0.3, -0.25) is 4.98 Å². The molecule has 1 aromatic heterocycles. The third-order valence-corrected chi connectivity index (χ3v) is 7.73. The van der Waals surface area contributed by atoms with Crippen molar-refractivity contribution in [3.63, 3.8) is 0 Å². The van der Waals surface area contributed by atoms with E-state index in [0.29, 0.717) is 30.0 Å². The zero-order chi connectivity index (χ0) is 20.9. The highest BCUT2D eigenvalue weighted by Gasteiger charge is 2.31. The number of aryl methyl sites for hydroxylation is 1. The second kappa shape index (κ2) is 6.89. The Morgan fingerprint density at radius 3 is 2.57 bits per heavy atom. The Balaban J connectivity index is 1.56. The van der Waals surface area contributed by atoms with Crippen LogP contribution in [0.2, 0.25) is 0 Å². The fourth-order valence-electron chi connectivity index (χ4n) is 4.49. The van der Waals surface area contributed by atoms with E-state index in [-0.39, 0.29) is 11.5 Å². The average molecular weight is 420 g/mol. The standard InChI is InChI=1S/C22H20N4O3S/c23-13-15-14-24-19-4-5-20-18(6-11-30(20,28)29)21(19)22(15)26-9-7-25(8-10-26)16-2-1-3-17(27)12-16/h1-5,12,14,27H,6-11H2. The van der Waals surface area contributed by atoms with Gasteiger partial charge in [0.2, 0.25) is 0 Å². The molecule has 2 aromatic carbocycles. The SMILES string of the molecule is N#Cc1cnc2ccc3c(c2c1N1CCN(c2cccc(O)c2)CC1)CCS3(=O)=O. The molecule has 30 heavy (non-hydrogen) atoms. The molecule has 152 valence electrons. The summed E-state index contributed by atoms with van der Waals surface area (Å²) < 4.78 is 24.9. The van der Waals surface area contributed by atoms with Gasteiger partial charge in [0.05, 0.1) is 27.4 Å². The van der Waals surface area contributed by atoms with E-state index in [9.17, 15) is 18.8 Å². The molecule has 1 fully saturated rings. The lowest BCUT2D eigenvalue weighted by atomic mass is 10.0. The molecule has 0 amide bonds. The summed E-state index contributed by atoms with van der Waals surface area (Å²) in [5.41, 5.74) is 3.71. The van der Waals surface area contributed by atoms with Crippen molar-refractivity contribution in [2.75, 3.05) is 41.7 Å². The Morgan fingerprint density at radius 1 is 1.07 bits per heavy atom. The monoisotopic (exact) mass is 420 g/mol. The van der Waals surface area contributed by atoms with Crippen LogP contribution in [0.25, 0.3) is 10.9 Å². The Kier molecular flexibility index (Phi) is 4.29. The van der Waals surface area contributed by atoms with E-state index < -0.39 is 9.84 Å². The molecule has 5 rings (SSSR count). The highest BCUT2D eigenvalue weighted by molar-refractivity contribution is 7.91. The Morgan fingerprint density at radius 2 is 1.83 bits per heavy atom. The second-order valence-corrected chi connectivity index (χ2v) is 9.71. The van der Waals surface area contributed by atoms with Gasteiger partial charge in [-0.25, -0.2) is 8.42 Å². The molecule has 2 aliphatic rings. The fourth-order valence-corrected chi connectivity index (χ4v) is 6.04. The average Bonchev–Trinajstić information content (AvgIpc) is 3.07. The molecule has 3 aromatic rings. The second-order valence-electron chi connectivity index (χ2n) is 7.63. The number of hydrogen-bond donors (Lipinski definition) is 1. The van der Waals surface area contributed by atoms with Crippen LogP contribution in [0.3, 0.4) is 0 Å². The first-order valence-corrected chi connectivity index (χ1v) is 11.5. The van der Waals surface area contributed by atoms with E-state index >= 15 is 0 Å². The number of rotatable bonds is 2. The molecule has 0 bridgehead atoms. The van der Waals surface area contributed by atoms with Crippen LogP contribution in [0.15, 0.2) is 47.5 Å². The van der Waals surface area contributed by atoms with E-state index in [1.54, 1.807) is 30.5 Å². The molecular weight excluding hydrogens is 400 g/mol. The molecule has 0 atom stereocenters. The Labute approximate surface area is 174 Å². The number of nitriles is 1. The highest BCUT2D eigenvalue weighted by atomic mass is 32.2. The summed E-state index contributed by atoms with van der Waals surface area (Å²) in [6, 6.07) is 12.8. The van der Waals surface area contributed by atoms with Crippen molar-refractivity contribution in [1.29, 1.82) is 5.26 Å². The normalized spacial score (nSPS) is 17.7. The summed E-state index contributed by atoms with van der Waals surface area (Å²) in [5, 5.41) is 20.3. The van der Waals surface area contributed by atoms with Crippen molar-refractivity contribution in [3.05, 3.63) is 53.7 Å². The first-order valence-electron chi connectivity index (χ1n) is 9.84. The van der Waals surface area contributed by atoms with Crippen LogP contribution in [0.4, 0.5) is 11.4 Å². The largest absolute Gasteiger partial charge is 0.508 e. The number of sulfone groups is 1. The van der Waals surface area contributed by atoms with Gasteiger partial charge in [-0.15, -0.1) is 0 Å². The number of pyridine rings is 1. The first kappa shape index (κ1) is 18.7. The van der Waals surface area contributed by atoms with Gasteiger partial charge in [-0.2, -0.15) is 5.26 Å². The number of aromatic nitrogens is 1. The Hall–Kier alpha value is -3.31. The maximum Gasteiger partial charge on any atom is 0.179 e. The van der Waals surface area contributed by atoms with E-state index in [0.717, 1.165) is 40.9 Å². The molecule has 0 aliphatic carbocycles. The molecule has 2 aliphatic heterocycles. The number of anilines is 2. The smallest absolute Gasteiger partial charge is 0.179 e. The molecule has 0 radical (unpaired) electrons.